The molecule has 0 bridgehead atoms. The van der Waals surface area contributed by atoms with E-state index in [0.29, 0.717) is 49.4 Å². The SMILES string of the molecule is C=C(C)[C@@H]1CC[C@]2(COC(C)=O)CC[C@]3(C)[C@H](CC[C@@H]4[C@@](C)(CCOC(C)=O)[C@H](C(C)(C)COC(C)=O)CC[C@]43C)[C@@H]12. The van der Waals surface area contributed by atoms with E-state index < -0.39 is 0 Å². The molecule has 0 heterocycles. The van der Waals surface area contributed by atoms with Gasteiger partial charge in [-0.2, -0.15) is 0 Å². The monoisotopic (exact) mass is 586 g/mol. The van der Waals surface area contributed by atoms with E-state index >= 15 is 0 Å². The third-order valence-corrected chi connectivity index (χ3v) is 13.6. The lowest BCUT2D eigenvalue weighted by Crippen LogP contribution is -2.65. The number of carbonyl (C=O) groups excluding carboxylic acids is 3. The highest BCUT2D eigenvalue weighted by atomic mass is 16.5. The largest absolute Gasteiger partial charge is 0.466 e. The van der Waals surface area contributed by atoms with Crippen molar-refractivity contribution in [2.24, 2.45) is 56.7 Å². The molecule has 0 spiro atoms. The second-order valence-corrected chi connectivity index (χ2v) is 16.2. The van der Waals surface area contributed by atoms with E-state index in [1.165, 1.54) is 26.3 Å². The Morgan fingerprint density at radius 1 is 0.786 bits per heavy atom. The molecule has 4 saturated carbocycles. The van der Waals surface area contributed by atoms with Gasteiger partial charge in [-0.15, -0.1) is 0 Å². The molecule has 0 saturated heterocycles. The number of hydrogen-bond acceptors (Lipinski definition) is 6. The first-order chi connectivity index (χ1) is 19.4. The van der Waals surface area contributed by atoms with E-state index in [-0.39, 0.29) is 45.0 Å². The zero-order valence-corrected chi connectivity index (χ0v) is 28.0. The fourth-order valence-electron chi connectivity index (χ4n) is 11.6. The maximum atomic E-state index is 12.0. The van der Waals surface area contributed by atoms with E-state index in [0.717, 1.165) is 57.8 Å². The molecule has 4 rings (SSSR count). The van der Waals surface area contributed by atoms with Crippen molar-refractivity contribution in [2.45, 2.75) is 120 Å². The lowest BCUT2D eigenvalue weighted by molar-refractivity contribution is -0.237. The molecule has 0 unspecified atom stereocenters. The van der Waals surface area contributed by atoms with Crippen LogP contribution in [0.5, 0.6) is 0 Å². The van der Waals surface area contributed by atoms with Crippen LogP contribution in [0.4, 0.5) is 0 Å². The average Bonchev–Trinajstić information content (AvgIpc) is 3.27. The molecular formula is C36H58O6. The summed E-state index contributed by atoms with van der Waals surface area (Å²) in [6.07, 6.45) is 9.81. The van der Waals surface area contributed by atoms with Gasteiger partial charge in [0.2, 0.25) is 0 Å². The summed E-state index contributed by atoms with van der Waals surface area (Å²) in [5.74, 6) is 1.66. The van der Waals surface area contributed by atoms with Crippen molar-refractivity contribution in [3.63, 3.8) is 0 Å². The number of carbonyl (C=O) groups is 3. The zero-order chi connectivity index (χ0) is 31.3. The third kappa shape index (κ3) is 5.47. The molecule has 0 radical (unpaired) electrons. The fourth-order valence-corrected chi connectivity index (χ4v) is 11.6. The Morgan fingerprint density at radius 3 is 2.02 bits per heavy atom. The summed E-state index contributed by atoms with van der Waals surface area (Å²) in [6, 6.07) is 0. The van der Waals surface area contributed by atoms with Crippen LogP contribution in [0.25, 0.3) is 0 Å². The molecule has 4 fully saturated rings. The van der Waals surface area contributed by atoms with Crippen molar-refractivity contribution >= 4 is 17.9 Å². The maximum absolute atomic E-state index is 12.0. The lowest BCUT2D eigenvalue weighted by atomic mass is 9.33. The molecule has 0 aromatic heterocycles. The number of hydrogen-bond donors (Lipinski definition) is 0. The van der Waals surface area contributed by atoms with Gasteiger partial charge in [-0.3, -0.25) is 14.4 Å². The molecule has 0 amide bonds. The Hall–Kier alpha value is -1.85. The smallest absolute Gasteiger partial charge is 0.302 e. The number of rotatable bonds is 9. The Balaban J connectivity index is 1.73. The van der Waals surface area contributed by atoms with Crippen LogP contribution in [0.2, 0.25) is 0 Å². The van der Waals surface area contributed by atoms with Crippen molar-refractivity contribution in [2.75, 3.05) is 19.8 Å². The van der Waals surface area contributed by atoms with Crippen LogP contribution in [0.1, 0.15) is 120 Å². The molecule has 9 atom stereocenters. The lowest BCUT2D eigenvalue weighted by Gasteiger charge is -2.71. The first-order valence-corrected chi connectivity index (χ1v) is 16.5. The minimum atomic E-state index is -0.235. The predicted octanol–water partition coefficient (Wildman–Crippen LogP) is 7.93. The van der Waals surface area contributed by atoms with Crippen molar-refractivity contribution in [1.82, 2.24) is 0 Å². The van der Waals surface area contributed by atoms with Gasteiger partial charge in [-0.05, 0) is 111 Å². The molecule has 0 aromatic rings. The Kier molecular flexibility index (Phi) is 9.11. The van der Waals surface area contributed by atoms with Gasteiger partial charge in [0, 0.05) is 31.6 Å². The summed E-state index contributed by atoms with van der Waals surface area (Å²) in [5.41, 5.74) is 1.32. The van der Waals surface area contributed by atoms with Gasteiger partial charge in [0.15, 0.2) is 0 Å². The summed E-state index contributed by atoms with van der Waals surface area (Å²) in [4.78, 5) is 35.6. The van der Waals surface area contributed by atoms with Crippen molar-refractivity contribution in [3.8, 4) is 0 Å². The van der Waals surface area contributed by atoms with Crippen LogP contribution in [0.3, 0.4) is 0 Å². The Labute approximate surface area is 255 Å². The minimum absolute atomic E-state index is 0.0461. The number of ether oxygens (including phenoxy) is 3. The van der Waals surface area contributed by atoms with Gasteiger partial charge in [-0.25, -0.2) is 0 Å². The van der Waals surface area contributed by atoms with Gasteiger partial charge >= 0.3 is 17.9 Å². The van der Waals surface area contributed by atoms with Crippen LogP contribution in [0, 0.1) is 56.7 Å². The van der Waals surface area contributed by atoms with Crippen LogP contribution in [-0.2, 0) is 28.6 Å². The summed E-state index contributed by atoms with van der Waals surface area (Å²) in [7, 11) is 0. The van der Waals surface area contributed by atoms with Gasteiger partial charge in [0.1, 0.15) is 0 Å². The molecule has 238 valence electrons. The molecule has 42 heavy (non-hydrogen) atoms. The molecule has 0 N–H and O–H groups in total. The van der Waals surface area contributed by atoms with Crippen LogP contribution in [-0.4, -0.2) is 37.7 Å². The first kappa shape index (κ1) is 33.1. The summed E-state index contributed by atoms with van der Waals surface area (Å²) in [5, 5.41) is 0. The van der Waals surface area contributed by atoms with Crippen molar-refractivity contribution in [1.29, 1.82) is 0 Å². The third-order valence-electron chi connectivity index (χ3n) is 13.6. The normalized spacial score (nSPS) is 41.1. The van der Waals surface area contributed by atoms with Crippen LogP contribution in [0.15, 0.2) is 12.2 Å². The van der Waals surface area contributed by atoms with E-state index in [1.54, 1.807) is 0 Å². The second-order valence-electron chi connectivity index (χ2n) is 16.2. The number of allylic oxidation sites excluding steroid dienone is 1. The van der Waals surface area contributed by atoms with E-state index in [2.05, 4.69) is 48.1 Å². The van der Waals surface area contributed by atoms with E-state index in [1.807, 2.05) is 0 Å². The summed E-state index contributed by atoms with van der Waals surface area (Å²) >= 11 is 0. The van der Waals surface area contributed by atoms with Crippen LogP contribution >= 0.6 is 0 Å². The standard InChI is InChI=1S/C36H58O6/c1-23(2)27-13-16-36(22-42-26(5)39)18-17-34(9)28(31(27)36)11-12-30-33(8,19-20-40-24(3)37)29(14-15-35(30,34)10)32(6,7)21-41-25(4)38/h27-31H,1,11-22H2,2-10H3/t27-,28+,29-,30+,31+,33-,34+,35+,36+/m0/s1. The van der Waals surface area contributed by atoms with E-state index in [9.17, 15) is 14.4 Å². The van der Waals surface area contributed by atoms with Crippen molar-refractivity contribution < 1.29 is 28.6 Å². The Morgan fingerprint density at radius 2 is 1.43 bits per heavy atom. The highest BCUT2D eigenvalue weighted by Crippen LogP contribution is 2.76. The van der Waals surface area contributed by atoms with Crippen LogP contribution < -0.4 is 0 Å². The van der Waals surface area contributed by atoms with Crippen molar-refractivity contribution in [3.05, 3.63) is 12.2 Å². The highest BCUT2D eigenvalue weighted by Gasteiger charge is 2.70. The first-order valence-electron chi connectivity index (χ1n) is 16.5. The molecule has 6 nitrogen and oxygen atoms in total. The van der Waals surface area contributed by atoms with Gasteiger partial charge in [-0.1, -0.05) is 46.8 Å². The average molecular weight is 587 g/mol. The summed E-state index contributed by atoms with van der Waals surface area (Å²) in [6.45, 7) is 24.7. The Bertz CT molecular complexity index is 1080. The van der Waals surface area contributed by atoms with Gasteiger partial charge in [0.25, 0.3) is 0 Å². The molecule has 0 aliphatic heterocycles. The van der Waals surface area contributed by atoms with Gasteiger partial charge < -0.3 is 14.2 Å². The summed E-state index contributed by atoms with van der Waals surface area (Å²) < 4.78 is 17.0. The molecule has 4 aliphatic carbocycles. The number of esters is 3. The molecule has 6 heteroatoms. The number of fused-ring (bicyclic) bond motifs is 5. The highest BCUT2D eigenvalue weighted by molar-refractivity contribution is 5.66. The molecule has 0 aromatic carbocycles. The maximum Gasteiger partial charge on any atom is 0.302 e. The molecule has 4 aliphatic rings. The van der Waals surface area contributed by atoms with E-state index in [4.69, 9.17) is 14.2 Å². The molecular weight excluding hydrogens is 528 g/mol. The minimum Gasteiger partial charge on any atom is -0.466 e. The topological polar surface area (TPSA) is 78.9 Å². The zero-order valence-electron chi connectivity index (χ0n) is 28.0. The quantitative estimate of drug-likeness (QED) is 0.155. The predicted molar refractivity (Wildman–Crippen MR) is 164 cm³/mol. The van der Waals surface area contributed by atoms with Gasteiger partial charge in [0.05, 0.1) is 19.8 Å². The second kappa shape index (κ2) is 11.6. The fraction of sp³-hybridized carbons (Fsp3) is 0.861.